The Bertz CT molecular complexity index is 599. The number of hydrogen-bond donors (Lipinski definition) is 1. The molecule has 0 bridgehead atoms. The lowest BCUT2D eigenvalue weighted by Gasteiger charge is -2.26. The van der Waals surface area contributed by atoms with E-state index in [0.29, 0.717) is 5.02 Å². The number of halogens is 2. The maximum absolute atomic E-state index is 6.25. The lowest BCUT2D eigenvalue weighted by molar-refractivity contribution is 0.253. The van der Waals surface area contributed by atoms with E-state index >= 15 is 0 Å². The summed E-state index contributed by atoms with van der Waals surface area (Å²) in [5, 5.41) is 1.49. The SMILES string of the molecule is CC(c1ccccc1Cl)N(C)Cc1cc(Cl)ccc1N. The van der Waals surface area contributed by atoms with E-state index in [9.17, 15) is 0 Å². The van der Waals surface area contributed by atoms with Crippen LogP contribution in [0.15, 0.2) is 42.5 Å². The molecule has 0 aliphatic rings. The summed E-state index contributed by atoms with van der Waals surface area (Å²) in [5.74, 6) is 0. The molecule has 0 spiro atoms. The maximum atomic E-state index is 6.25. The van der Waals surface area contributed by atoms with Crippen molar-refractivity contribution in [3.8, 4) is 0 Å². The molecule has 20 heavy (non-hydrogen) atoms. The molecule has 2 nitrogen and oxygen atoms in total. The molecular formula is C16H18Cl2N2. The van der Waals surface area contributed by atoms with Crippen molar-refractivity contribution in [3.05, 3.63) is 63.6 Å². The van der Waals surface area contributed by atoms with Crippen LogP contribution in [0, 0.1) is 0 Å². The van der Waals surface area contributed by atoms with Crippen LogP contribution < -0.4 is 5.73 Å². The predicted octanol–water partition coefficient (Wildman–Crippen LogP) is 4.77. The normalized spacial score (nSPS) is 12.7. The molecular weight excluding hydrogens is 291 g/mol. The first kappa shape index (κ1) is 15.2. The summed E-state index contributed by atoms with van der Waals surface area (Å²) >= 11 is 12.3. The molecule has 4 heteroatoms. The van der Waals surface area contributed by atoms with Crippen LogP contribution in [0.3, 0.4) is 0 Å². The lowest BCUT2D eigenvalue weighted by Crippen LogP contribution is -2.22. The fourth-order valence-electron chi connectivity index (χ4n) is 2.17. The number of benzene rings is 2. The van der Waals surface area contributed by atoms with Crippen molar-refractivity contribution >= 4 is 28.9 Å². The smallest absolute Gasteiger partial charge is 0.0453 e. The highest BCUT2D eigenvalue weighted by molar-refractivity contribution is 6.31. The average Bonchev–Trinajstić information content (AvgIpc) is 2.42. The van der Waals surface area contributed by atoms with Gasteiger partial charge in [0.05, 0.1) is 0 Å². The molecule has 0 amide bonds. The molecule has 2 N–H and O–H groups in total. The number of anilines is 1. The Morgan fingerprint density at radius 1 is 1.15 bits per heavy atom. The van der Waals surface area contributed by atoms with E-state index in [1.54, 1.807) is 6.07 Å². The van der Waals surface area contributed by atoms with E-state index < -0.39 is 0 Å². The van der Waals surface area contributed by atoms with Crippen LogP contribution in [0.5, 0.6) is 0 Å². The molecule has 0 fully saturated rings. The Labute approximate surface area is 130 Å². The highest BCUT2D eigenvalue weighted by atomic mass is 35.5. The van der Waals surface area contributed by atoms with Crippen LogP contribution in [0.1, 0.15) is 24.1 Å². The fraction of sp³-hybridized carbons (Fsp3) is 0.250. The largest absolute Gasteiger partial charge is 0.398 e. The third-order valence-corrected chi connectivity index (χ3v) is 4.12. The van der Waals surface area contributed by atoms with E-state index in [-0.39, 0.29) is 6.04 Å². The molecule has 0 aliphatic carbocycles. The van der Waals surface area contributed by atoms with E-state index in [1.807, 2.05) is 43.4 Å². The van der Waals surface area contributed by atoms with Crippen LogP contribution in [-0.4, -0.2) is 11.9 Å². The Morgan fingerprint density at radius 3 is 2.55 bits per heavy atom. The predicted molar refractivity (Wildman–Crippen MR) is 87.2 cm³/mol. The highest BCUT2D eigenvalue weighted by Crippen LogP contribution is 2.28. The zero-order valence-corrected chi connectivity index (χ0v) is 13.1. The number of nitrogens with two attached hydrogens (primary N) is 1. The van der Waals surface area contributed by atoms with Gasteiger partial charge in [0.25, 0.3) is 0 Å². The van der Waals surface area contributed by atoms with Gasteiger partial charge in [-0.05, 0) is 49.4 Å². The van der Waals surface area contributed by atoms with Crippen molar-refractivity contribution in [1.82, 2.24) is 4.90 Å². The molecule has 1 unspecified atom stereocenters. The molecule has 0 aliphatic heterocycles. The first-order valence-electron chi connectivity index (χ1n) is 6.47. The molecule has 0 radical (unpaired) electrons. The third kappa shape index (κ3) is 3.45. The lowest BCUT2D eigenvalue weighted by atomic mass is 10.1. The van der Waals surface area contributed by atoms with Gasteiger partial charge in [-0.1, -0.05) is 41.4 Å². The van der Waals surface area contributed by atoms with Gasteiger partial charge in [0.15, 0.2) is 0 Å². The molecule has 0 saturated heterocycles. The summed E-state index contributed by atoms with van der Waals surface area (Å²) in [4.78, 5) is 2.20. The zero-order chi connectivity index (χ0) is 14.7. The van der Waals surface area contributed by atoms with Crippen LogP contribution in [0.2, 0.25) is 10.0 Å². The van der Waals surface area contributed by atoms with Gasteiger partial charge < -0.3 is 5.73 Å². The van der Waals surface area contributed by atoms with Gasteiger partial charge in [-0.15, -0.1) is 0 Å². The molecule has 0 aromatic heterocycles. The Balaban J connectivity index is 2.17. The van der Waals surface area contributed by atoms with Crippen LogP contribution in [0.25, 0.3) is 0 Å². The van der Waals surface area contributed by atoms with Gasteiger partial charge in [-0.25, -0.2) is 0 Å². The second kappa shape index (κ2) is 6.49. The molecule has 1 atom stereocenters. The monoisotopic (exact) mass is 308 g/mol. The Hall–Kier alpha value is -1.22. The van der Waals surface area contributed by atoms with Gasteiger partial charge in [0.1, 0.15) is 0 Å². The number of rotatable bonds is 4. The van der Waals surface area contributed by atoms with Gasteiger partial charge in [0.2, 0.25) is 0 Å². The summed E-state index contributed by atoms with van der Waals surface area (Å²) < 4.78 is 0. The topological polar surface area (TPSA) is 29.3 Å². The molecule has 106 valence electrons. The van der Waals surface area contributed by atoms with Gasteiger partial charge in [-0.3, -0.25) is 4.90 Å². The second-order valence-corrected chi connectivity index (χ2v) is 5.80. The highest BCUT2D eigenvalue weighted by Gasteiger charge is 2.15. The number of nitrogens with zero attached hydrogens (tertiary/aromatic N) is 1. The first-order chi connectivity index (χ1) is 9.49. The van der Waals surface area contributed by atoms with Crippen LogP contribution >= 0.6 is 23.2 Å². The van der Waals surface area contributed by atoms with E-state index in [1.165, 1.54) is 0 Å². The van der Waals surface area contributed by atoms with Crippen LogP contribution in [-0.2, 0) is 6.54 Å². The van der Waals surface area contributed by atoms with E-state index in [4.69, 9.17) is 28.9 Å². The second-order valence-electron chi connectivity index (χ2n) is 4.96. The quantitative estimate of drug-likeness (QED) is 0.824. The summed E-state index contributed by atoms with van der Waals surface area (Å²) in [6.45, 7) is 2.85. The summed E-state index contributed by atoms with van der Waals surface area (Å²) in [6.07, 6.45) is 0. The average molecular weight is 309 g/mol. The Morgan fingerprint density at radius 2 is 1.85 bits per heavy atom. The van der Waals surface area contributed by atoms with E-state index in [2.05, 4.69) is 11.8 Å². The molecule has 2 aromatic carbocycles. The van der Waals surface area contributed by atoms with Gasteiger partial charge >= 0.3 is 0 Å². The zero-order valence-electron chi connectivity index (χ0n) is 11.6. The molecule has 0 saturated carbocycles. The maximum Gasteiger partial charge on any atom is 0.0453 e. The standard InChI is InChI=1S/C16H18Cl2N2/c1-11(14-5-3-4-6-15(14)18)20(2)10-12-9-13(17)7-8-16(12)19/h3-9,11H,10,19H2,1-2H3. The minimum absolute atomic E-state index is 0.196. The number of nitrogen functional groups attached to an aromatic ring is 1. The van der Waals surface area contributed by atoms with Crippen molar-refractivity contribution in [2.45, 2.75) is 19.5 Å². The third-order valence-electron chi connectivity index (χ3n) is 3.54. The summed E-state index contributed by atoms with van der Waals surface area (Å²) in [6, 6.07) is 13.6. The van der Waals surface area contributed by atoms with Crippen molar-refractivity contribution in [1.29, 1.82) is 0 Å². The first-order valence-corrected chi connectivity index (χ1v) is 7.23. The van der Waals surface area contributed by atoms with Crippen LogP contribution in [0.4, 0.5) is 5.69 Å². The fourth-order valence-corrected chi connectivity index (χ4v) is 2.66. The minimum atomic E-state index is 0.196. The molecule has 2 aromatic rings. The van der Waals surface area contributed by atoms with Crippen molar-refractivity contribution in [2.24, 2.45) is 0 Å². The molecule has 2 rings (SSSR count). The number of hydrogen-bond acceptors (Lipinski definition) is 2. The molecule has 0 heterocycles. The van der Waals surface area contributed by atoms with Crippen molar-refractivity contribution < 1.29 is 0 Å². The Kier molecular flexibility index (Phi) is 4.92. The van der Waals surface area contributed by atoms with Gasteiger partial charge in [-0.2, -0.15) is 0 Å². The van der Waals surface area contributed by atoms with Crippen molar-refractivity contribution in [3.63, 3.8) is 0 Å². The van der Waals surface area contributed by atoms with E-state index in [0.717, 1.165) is 28.4 Å². The minimum Gasteiger partial charge on any atom is -0.398 e. The van der Waals surface area contributed by atoms with Gasteiger partial charge in [0, 0.05) is 28.3 Å². The summed E-state index contributed by atoms with van der Waals surface area (Å²) in [7, 11) is 2.05. The van der Waals surface area contributed by atoms with Crippen molar-refractivity contribution in [2.75, 3.05) is 12.8 Å². The summed E-state index contributed by atoms with van der Waals surface area (Å²) in [5.41, 5.74) is 8.89.